The van der Waals surface area contributed by atoms with Gasteiger partial charge in [0.2, 0.25) is 0 Å². The summed E-state index contributed by atoms with van der Waals surface area (Å²) >= 11 is 0. The van der Waals surface area contributed by atoms with Crippen molar-refractivity contribution in [2.24, 2.45) is 0 Å². The molecular formula is C17H16F3N3O2. The monoisotopic (exact) mass is 351 g/mol. The Kier molecular flexibility index (Phi) is 3.85. The SMILES string of the molecule is CC1(C)Cn2ccc(C(=O)Nc3ccc(C(F)(F)F)cc3)c2C(=O)N1. The molecule has 2 amide bonds. The molecule has 5 nitrogen and oxygen atoms in total. The van der Waals surface area contributed by atoms with E-state index in [1.54, 1.807) is 10.8 Å². The number of nitrogens with one attached hydrogen (secondary N) is 2. The summed E-state index contributed by atoms with van der Waals surface area (Å²) < 4.78 is 39.4. The van der Waals surface area contributed by atoms with Crippen LogP contribution in [0.25, 0.3) is 0 Å². The molecule has 0 saturated carbocycles. The highest BCUT2D eigenvalue weighted by Gasteiger charge is 2.33. The number of nitrogens with zero attached hydrogens (tertiary/aromatic N) is 1. The third-order valence-electron chi connectivity index (χ3n) is 3.91. The summed E-state index contributed by atoms with van der Waals surface area (Å²) in [6, 6.07) is 5.65. The van der Waals surface area contributed by atoms with Gasteiger partial charge >= 0.3 is 6.18 Å². The quantitative estimate of drug-likeness (QED) is 0.872. The molecule has 0 atom stereocenters. The fourth-order valence-electron chi connectivity index (χ4n) is 2.81. The first-order valence-corrected chi connectivity index (χ1v) is 7.57. The van der Waals surface area contributed by atoms with Crippen LogP contribution in [0.1, 0.15) is 40.3 Å². The minimum atomic E-state index is -4.44. The zero-order chi connectivity index (χ0) is 18.4. The largest absolute Gasteiger partial charge is 0.416 e. The zero-order valence-corrected chi connectivity index (χ0v) is 13.6. The molecule has 2 heterocycles. The number of rotatable bonds is 2. The van der Waals surface area contributed by atoms with Crippen molar-refractivity contribution in [1.82, 2.24) is 9.88 Å². The molecule has 25 heavy (non-hydrogen) atoms. The summed E-state index contributed by atoms with van der Waals surface area (Å²) in [5.74, 6) is -0.915. The van der Waals surface area contributed by atoms with Crippen molar-refractivity contribution in [2.45, 2.75) is 32.1 Å². The van der Waals surface area contributed by atoms with E-state index in [4.69, 9.17) is 0 Å². The number of aromatic nitrogens is 1. The average molecular weight is 351 g/mol. The van der Waals surface area contributed by atoms with Gasteiger partial charge in [0, 0.05) is 18.4 Å². The van der Waals surface area contributed by atoms with E-state index in [0.717, 1.165) is 12.1 Å². The lowest BCUT2D eigenvalue weighted by Crippen LogP contribution is -2.51. The number of carbonyl (C=O) groups is 2. The Morgan fingerprint density at radius 2 is 1.84 bits per heavy atom. The van der Waals surface area contributed by atoms with Crippen LogP contribution in [0.3, 0.4) is 0 Å². The maximum atomic E-state index is 12.6. The third kappa shape index (κ3) is 3.38. The van der Waals surface area contributed by atoms with E-state index in [1.165, 1.54) is 18.2 Å². The molecule has 3 rings (SSSR count). The molecule has 1 aromatic carbocycles. The highest BCUT2D eigenvalue weighted by molar-refractivity contribution is 6.12. The minimum absolute atomic E-state index is 0.174. The Hall–Kier alpha value is -2.77. The van der Waals surface area contributed by atoms with Crippen LogP contribution in [0.2, 0.25) is 0 Å². The molecule has 0 spiro atoms. The van der Waals surface area contributed by atoms with Crippen LogP contribution < -0.4 is 10.6 Å². The molecule has 2 aromatic rings. The van der Waals surface area contributed by atoms with Gasteiger partial charge in [-0.3, -0.25) is 9.59 Å². The molecule has 0 radical (unpaired) electrons. The summed E-state index contributed by atoms with van der Waals surface area (Å²) in [4.78, 5) is 24.7. The fraction of sp³-hybridized carbons (Fsp3) is 0.294. The highest BCUT2D eigenvalue weighted by Crippen LogP contribution is 2.30. The normalized spacial score (nSPS) is 16.1. The molecule has 1 aromatic heterocycles. The number of fused-ring (bicyclic) bond motifs is 1. The number of halogens is 3. The second kappa shape index (κ2) is 5.65. The standard InChI is InChI=1S/C17H16F3N3O2/c1-16(2)9-23-8-7-12(13(23)15(25)22-16)14(24)21-11-5-3-10(4-6-11)17(18,19)20/h3-8H,9H2,1-2H3,(H,21,24)(H,22,25). The van der Waals surface area contributed by atoms with Gasteiger partial charge in [-0.25, -0.2) is 0 Å². The minimum Gasteiger partial charge on any atom is -0.344 e. The first kappa shape index (κ1) is 17.1. The maximum absolute atomic E-state index is 12.6. The van der Waals surface area contributed by atoms with Crippen molar-refractivity contribution in [3.63, 3.8) is 0 Å². The Morgan fingerprint density at radius 1 is 1.20 bits per heavy atom. The second-order valence-electron chi connectivity index (χ2n) is 6.57. The molecule has 0 bridgehead atoms. The van der Waals surface area contributed by atoms with Crippen LogP contribution in [0.15, 0.2) is 36.5 Å². The summed E-state index contributed by atoms with van der Waals surface area (Å²) in [6.45, 7) is 4.26. The highest BCUT2D eigenvalue weighted by atomic mass is 19.4. The number of carbonyl (C=O) groups excluding carboxylic acids is 2. The van der Waals surface area contributed by atoms with Crippen LogP contribution >= 0.6 is 0 Å². The van der Waals surface area contributed by atoms with Gasteiger partial charge in [-0.1, -0.05) is 0 Å². The van der Waals surface area contributed by atoms with E-state index >= 15 is 0 Å². The molecular weight excluding hydrogens is 335 g/mol. The van der Waals surface area contributed by atoms with Gasteiger partial charge in [0.15, 0.2) is 0 Å². The van der Waals surface area contributed by atoms with Crippen molar-refractivity contribution in [1.29, 1.82) is 0 Å². The predicted molar refractivity (Wildman–Crippen MR) is 85.4 cm³/mol. The Balaban J connectivity index is 1.82. The Morgan fingerprint density at radius 3 is 2.44 bits per heavy atom. The molecule has 8 heteroatoms. The van der Waals surface area contributed by atoms with Gasteiger partial charge in [-0.15, -0.1) is 0 Å². The van der Waals surface area contributed by atoms with Crippen molar-refractivity contribution in [2.75, 3.05) is 5.32 Å². The fourth-order valence-corrected chi connectivity index (χ4v) is 2.81. The number of hydrogen-bond donors (Lipinski definition) is 2. The van der Waals surface area contributed by atoms with Crippen LogP contribution in [-0.4, -0.2) is 21.9 Å². The molecule has 0 fully saturated rings. The van der Waals surface area contributed by atoms with Crippen LogP contribution in [0, 0.1) is 0 Å². The van der Waals surface area contributed by atoms with Gasteiger partial charge in [-0.05, 0) is 44.2 Å². The van der Waals surface area contributed by atoms with Crippen molar-refractivity contribution in [3.05, 3.63) is 53.3 Å². The lowest BCUT2D eigenvalue weighted by atomic mass is 10.0. The zero-order valence-electron chi connectivity index (χ0n) is 13.6. The molecule has 1 aliphatic rings. The molecule has 132 valence electrons. The van der Waals surface area contributed by atoms with Crippen LogP contribution in [0.5, 0.6) is 0 Å². The van der Waals surface area contributed by atoms with Crippen molar-refractivity contribution >= 4 is 17.5 Å². The molecule has 0 unspecified atom stereocenters. The predicted octanol–water partition coefficient (Wildman–Crippen LogP) is 3.28. The lowest BCUT2D eigenvalue weighted by molar-refractivity contribution is -0.137. The Bertz CT molecular complexity index is 836. The summed E-state index contributed by atoms with van der Waals surface area (Å²) in [5.41, 5.74) is -0.593. The summed E-state index contributed by atoms with van der Waals surface area (Å²) in [5, 5.41) is 5.33. The van der Waals surface area contributed by atoms with E-state index in [2.05, 4.69) is 10.6 Å². The van der Waals surface area contributed by atoms with E-state index < -0.39 is 23.2 Å². The van der Waals surface area contributed by atoms with Gasteiger partial charge in [0.25, 0.3) is 11.8 Å². The summed E-state index contributed by atoms with van der Waals surface area (Å²) in [6.07, 6.45) is -2.79. The Labute approximate surface area is 141 Å². The topological polar surface area (TPSA) is 63.1 Å². The number of benzene rings is 1. The van der Waals surface area contributed by atoms with E-state index in [9.17, 15) is 22.8 Å². The van der Waals surface area contributed by atoms with Gasteiger partial charge < -0.3 is 15.2 Å². The van der Waals surface area contributed by atoms with Crippen molar-refractivity contribution < 1.29 is 22.8 Å². The number of amides is 2. The number of alkyl halides is 3. The summed E-state index contributed by atoms with van der Waals surface area (Å²) in [7, 11) is 0. The average Bonchev–Trinajstić information content (AvgIpc) is 2.89. The first-order chi connectivity index (χ1) is 11.6. The molecule has 2 N–H and O–H groups in total. The van der Waals surface area contributed by atoms with Crippen molar-refractivity contribution in [3.8, 4) is 0 Å². The van der Waals surface area contributed by atoms with Gasteiger partial charge in [0.05, 0.1) is 16.7 Å². The smallest absolute Gasteiger partial charge is 0.344 e. The molecule has 1 aliphatic heterocycles. The number of anilines is 1. The second-order valence-corrected chi connectivity index (χ2v) is 6.57. The number of hydrogen-bond acceptors (Lipinski definition) is 2. The van der Waals surface area contributed by atoms with Crippen LogP contribution in [-0.2, 0) is 12.7 Å². The van der Waals surface area contributed by atoms with Gasteiger partial charge in [-0.2, -0.15) is 13.2 Å². The van der Waals surface area contributed by atoms with E-state index in [-0.39, 0.29) is 22.9 Å². The third-order valence-corrected chi connectivity index (χ3v) is 3.91. The first-order valence-electron chi connectivity index (χ1n) is 7.57. The molecule has 0 saturated heterocycles. The lowest BCUT2D eigenvalue weighted by Gasteiger charge is -2.32. The van der Waals surface area contributed by atoms with E-state index in [0.29, 0.717) is 6.54 Å². The van der Waals surface area contributed by atoms with E-state index in [1.807, 2.05) is 13.8 Å². The molecule has 0 aliphatic carbocycles. The van der Waals surface area contributed by atoms with Gasteiger partial charge in [0.1, 0.15) is 5.69 Å². The van der Waals surface area contributed by atoms with Crippen LogP contribution in [0.4, 0.5) is 18.9 Å². The maximum Gasteiger partial charge on any atom is 0.416 e.